The zero-order valence-corrected chi connectivity index (χ0v) is 13.2. The minimum atomic E-state index is 0.481. The highest BCUT2D eigenvalue weighted by Crippen LogP contribution is 2.50. The van der Waals surface area contributed by atoms with Gasteiger partial charge in [-0.3, -0.25) is 0 Å². The van der Waals surface area contributed by atoms with Gasteiger partial charge in [-0.05, 0) is 58.2 Å². The molecule has 1 heterocycles. The quantitative estimate of drug-likeness (QED) is 0.876. The van der Waals surface area contributed by atoms with Gasteiger partial charge in [0.1, 0.15) is 22.4 Å². The van der Waals surface area contributed by atoms with Gasteiger partial charge in [0.2, 0.25) is 0 Å². The van der Waals surface area contributed by atoms with Crippen molar-refractivity contribution in [1.29, 1.82) is 0 Å². The zero-order valence-electron chi connectivity index (χ0n) is 11.6. The third-order valence-corrected chi connectivity index (χ3v) is 5.66. The summed E-state index contributed by atoms with van der Waals surface area (Å²) >= 11 is 3.46. The zero-order chi connectivity index (χ0) is 14.4. The minimum absolute atomic E-state index is 0.481. The molecule has 1 saturated carbocycles. The molecule has 0 amide bonds. The Morgan fingerprint density at radius 3 is 3.00 bits per heavy atom. The molecule has 0 radical (unpaired) electrons. The number of nitrogens with two attached hydrogens (primary N) is 1. The van der Waals surface area contributed by atoms with Crippen LogP contribution in [0.4, 0.5) is 11.6 Å². The first-order valence-corrected chi connectivity index (χ1v) is 8.13. The second-order valence-corrected chi connectivity index (χ2v) is 6.71. The Balaban J connectivity index is 1.53. The lowest BCUT2D eigenvalue weighted by atomic mass is 9.60. The Morgan fingerprint density at radius 1 is 1.24 bits per heavy atom. The number of hydrogen-bond acceptors (Lipinski definition) is 4. The molecule has 2 aromatic rings. The molecule has 21 heavy (non-hydrogen) atoms. The molecule has 2 aliphatic carbocycles. The smallest absolute Gasteiger partial charge is 0.146 e. The summed E-state index contributed by atoms with van der Waals surface area (Å²) in [5, 5.41) is 3.54. The van der Waals surface area contributed by atoms with Crippen molar-refractivity contribution in [2.75, 3.05) is 11.1 Å². The van der Waals surface area contributed by atoms with Gasteiger partial charge in [-0.15, -0.1) is 0 Å². The largest absolute Gasteiger partial charge is 0.383 e. The van der Waals surface area contributed by atoms with Gasteiger partial charge in [-0.1, -0.05) is 24.3 Å². The summed E-state index contributed by atoms with van der Waals surface area (Å²) in [6.07, 6.45) is 5.10. The Bertz CT molecular complexity index is 688. The lowest BCUT2D eigenvalue weighted by Gasteiger charge is -2.49. The normalized spacial score (nSPS) is 26.4. The molecule has 0 aliphatic heterocycles. The van der Waals surface area contributed by atoms with Gasteiger partial charge in [-0.25, -0.2) is 9.97 Å². The Morgan fingerprint density at radius 2 is 2.10 bits per heavy atom. The van der Waals surface area contributed by atoms with Crippen molar-refractivity contribution in [1.82, 2.24) is 9.97 Å². The molecule has 0 bridgehead atoms. The second kappa shape index (κ2) is 4.98. The fourth-order valence-electron chi connectivity index (χ4n) is 3.74. The fraction of sp³-hybridized carbons (Fsp3) is 0.375. The summed E-state index contributed by atoms with van der Waals surface area (Å²) in [5.74, 6) is 2.69. The van der Waals surface area contributed by atoms with Crippen molar-refractivity contribution in [2.45, 2.75) is 31.2 Å². The van der Waals surface area contributed by atoms with E-state index in [9.17, 15) is 0 Å². The number of benzene rings is 1. The highest BCUT2D eigenvalue weighted by atomic mass is 79.9. The molecule has 1 aromatic carbocycles. The van der Waals surface area contributed by atoms with Gasteiger partial charge in [-0.2, -0.15) is 0 Å². The summed E-state index contributed by atoms with van der Waals surface area (Å²) < 4.78 is 0.768. The third-order valence-electron chi connectivity index (χ3n) is 4.88. The van der Waals surface area contributed by atoms with E-state index in [-0.39, 0.29) is 0 Å². The summed E-state index contributed by atoms with van der Waals surface area (Å²) in [4.78, 5) is 8.28. The van der Waals surface area contributed by atoms with Crippen molar-refractivity contribution < 1.29 is 0 Å². The molecule has 4 nitrogen and oxygen atoms in total. The van der Waals surface area contributed by atoms with E-state index in [4.69, 9.17) is 5.73 Å². The van der Waals surface area contributed by atoms with Crippen LogP contribution < -0.4 is 11.1 Å². The molecule has 0 saturated heterocycles. The van der Waals surface area contributed by atoms with E-state index < -0.39 is 0 Å². The van der Waals surface area contributed by atoms with Crippen molar-refractivity contribution >= 4 is 27.6 Å². The van der Waals surface area contributed by atoms with Crippen LogP contribution in [-0.2, 0) is 6.42 Å². The van der Waals surface area contributed by atoms with Crippen LogP contribution in [0.5, 0.6) is 0 Å². The maximum atomic E-state index is 5.81. The number of fused-ring (bicyclic) bond motifs is 3. The van der Waals surface area contributed by atoms with Gasteiger partial charge < -0.3 is 11.1 Å². The number of nitrogens with zero attached hydrogens (tertiary/aromatic N) is 2. The van der Waals surface area contributed by atoms with E-state index in [2.05, 4.69) is 55.5 Å². The summed E-state index contributed by atoms with van der Waals surface area (Å²) in [6, 6.07) is 9.35. The topological polar surface area (TPSA) is 63.8 Å². The van der Waals surface area contributed by atoms with Crippen LogP contribution in [0.2, 0.25) is 0 Å². The average molecular weight is 345 g/mol. The number of rotatable bonds is 2. The first kappa shape index (κ1) is 13.1. The van der Waals surface area contributed by atoms with Gasteiger partial charge >= 0.3 is 0 Å². The number of aromatic nitrogens is 2. The van der Waals surface area contributed by atoms with Crippen molar-refractivity contribution in [2.24, 2.45) is 5.92 Å². The number of hydrogen-bond donors (Lipinski definition) is 2. The second-order valence-electron chi connectivity index (χ2n) is 5.92. The summed E-state index contributed by atoms with van der Waals surface area (Å²) in [5.41, 5.74) is 8.89. The van der Waals surface area contributed by atoms with E-state index in [1.165, 1.54) is 24.7 Å². The van der Waals surface area contributed by atoms with Crippen molar-refractivity contribution in [3.05, 3.63) is 46.2 Å². The number of halogens is 1. The highest BCUT2D eigenvalue weighted by molar-refractivity contribution is 9.10. The van der Waals surface area contributed by atoms with E-state index in [0.717, 1.165) is 16.7 Å². The lowest BCUT2D eigenvalue weighted by molar-refractivity contribution is 0.194. The predicted molar refractivity (Wildman–Crippen MR) is 87.2 cm³/mol. The Labute approximate surface area is 132 Å². The molecule has 1 fully saturated rings. The lowest BCUT2D eigenvalue weighted by Crippen LogP contribution is -2.47. The van der Waals surface area contributed by atoms with Crippen molar-refractivity contribution in [3.63, 3.8) is 0 Å². The molecule has 3 unspecified atom stereocenters. The molecule has 3 atom stereocenters. The van der Waals surface area contributed by atoms with Gasteiger partial charge in [0, 0.05) is 6.04 Å². The summed E-state index contributed by atoms with van der Waals surface area (Å²) in [6.45, 7) is 0. The van der Waals surface area contributed by atoms with Crippen LogP contribution in [0.3, 0.4) is 0 Å². The predicted octanol–water partition coefficient (Wildman–Crippen LogP) is 3.35. The van der Waals surface area contributed by atoms with E-state index in [0.29, 0.717) is 23.7 Å². The Kier molecular flexibility index (Phi) is 3.10. The molecule has 3 N–H and O–H groups in total. The molecule has 1 aromatic heterocycles. The standard InChI is InChI=1S/C16H17BrN4/c17-14-15(18)19-8-20-16(14)21-13-7-12-10-4-2-1-3-9(10)5-6-11(12)13/h1-4,8,11-13H,5-7H2,(H3,18,19,20,21). The molecule has 5 heteroatoms. The van der Waals surface area contributed by atoms with E-state index in [1.54, 1.807) is 5.56 Å². The van der Waals surface area contributed by atoms with Crippen LogP contribution in [-0.4, -0.2) is 16.0 Å². The molecular formula is C16H17BrN4. The minimum Gasteiger partial charge on any atom is -0.383 e. The third kappa shape index (κ3) is 2.11. The maximum absolute atomic E-state index is 5.81. The first-order chi connectivity index (χ1) is 10.2. The number of anilines is 2. The Hall–Kier alpha value is -1.62. The number of aryl methyl sites for hydroxylation is 1. The summed E-state index contributed by atoms with van der Waals surface area (Å²) in [7, 11) is 0. The maximum Gasteiger partial charge on any atom is 0.146 e. The van der Waals surface area contributed by atoms with E-state index >= 15 is 0 Å². The average Bonchev–Trinajstić information content (AvgIpc) is 2.48. The van der Waals surface area contributed by atoms with Crippen LogP contribution in [0.1, 0.15) is 29.9 Å². The number of nitrogens with one attached hydrogen (secondary N) is 1. The fourth-order valence-corrected chi connectivity index (χ4v) is 4.06. The SMILES string of the molecule is Nc1ncnc(NC2CC3c4ccccc4CCC23)c1Br. The van der Waals surface area contributed by atoms with Crippen LogP contribution >= 0.6 is 15.9 Å². The van der Waals surface area contributed by atoms with Crippen LogP contribution in [0, 0.1) is 5.92 Å². The van der Waals surface area contributed by atoms with Crippen LogP contribution in [0.25, 0.3) is 0 Å². The molecule has 108 valence electrons. The highest BCUT2D eigenvalue weighted by Gasteiger charge is 2.44. The van der Waals surface area contributed by atoms with Crippen LogP contribution in [0.15, 0.2) is 35.1 Å². The molecule has 2 aliphatic rings. The first-order valence-electron chi connectivity index (χ1n) is 7.34. The number of nitrogen functional groups attached to an aromatic ring is 1. The molecular weight excluding hydrogens is 328 g/mol. The van der Waals surface area contributed by atoms with Crippen molar-refractivity contribution in [3.8, 4) is 0 Å². The monoisotopic (exact) mass is 344 g/mol. The van der Waals surface area contributed by atoms with E-state index in [1.807, 2.05) is 0 Å². The van der Waals surface area contributed by atoms with Gasteiger partial charge in [0.15, 0.2) is 0 Å². The molecule has 0 spiro atoms. The molecule has 4 rings (SSSR count). The van der Waals surface area contributed by atoms with Gasteiger partial charge in [0.25, 0.3) is 0 Å². The van der Waals surface area contributed by atoms with Gasteiger partial charge in [0.05, 0.1) is 0 Å².